The van der Waals surface area contributed by atoms with Gasteiger partial charge in [-0.05, 0) is 50.0 Å². The molecule has 0 aliphatic heterocycles. The molecule has 0 saturated heterocycles. The maximum absolute atomic E-state index is 14.1. The van der Waals surface area contributed by atoms with E-state index in [0.29, 0.717) is 16.7 Å². The number of hydrogen-bond acceptors (Lipinski definition) is 9. The van der Waals surface area contributed by atoms with Crippen LogP contribution in [0.4, 0.5) is 5.69 Å². The van der Waals surface area contributed by atoms with Gasteiger partial charge in [0.1, 0.15) is 23.2 Å². The first-order valence-electron chi connectivity index (χ1n) is 12.8. The van der Waals surface area contributed by atoms with Crippen LogP contribution in [0.5, 0.6) is 5.75 Å². The van der Waals surface area contributed by atoms with E-state index in [-0.39, 0.29) is 24.2 Å². The molecule has 3 aliphatic rings. The first kappa shape index (κ1) is 26.9. The van der Waals surface area contributed by atoms with Crippen molar-refractivity contribution in [3.8, 4) is 16.9 Å². The predicted molar refractivity (Wildman–Crippen MR) is 143 cm³/mol. The largest absolute Gasteiger partial charge is 0.508 e. The summed E-state index contributed by atoms with van der Waals surface area (Å²) in [5, 5.41) is 45.9. The van der Waals surface area contributed by atoms with Crippen LogP contribution in [-0.4, -0.2) is 88.7 Å². The van der Waals surface area contributed by atoms with Crippen LogP contribution < -0.4 is 10.6 Å². The molecule has 6 N–H and O–H groups in total. The van der Waals surface area contributed by atoms with Crippen molar-refractivity contribution in [1.82, 2.24) is 4.90 Å². The van der Waals surface area contributed by atoms with Gasteiger partial charge >= 0.3 is 0 Å². The molecule has 2 aromatic rings. The molecule has 2 unspecified atom stereocenters. The normalized spacial score (nSPS) is 30.1. The third kappa shape index (κ3) is 3.70. The summed E-state index contributed by atoms with van der Waals surface area (Å²) in [6, 6.07) is 9.86. The summed E-state index contributed by atoms with van der Waals surface area (Å²) in [5.41, 5.74) is 4.69. The summed E-state index contributed by atoms with van der Waals surface area (Å²) < 4.78 is 0. The van der Waals surface area contributed by atoms with Gasteiger partial charge in [-0.1, -0.05) is 30.3 Å². The molecule has 1 saturated carbocycles. The number of fused-ring (bicyclic) bond motifs is 3. The Kier molecular flexibility index (Phi) is 6.32. The highest BCUT2D eigenvalue weighted by Gasteiger charge is 2.66. The number of aliphatic hydroxyl groups is 3. The molecule has 6 atom stereocenters. The summed E-state index contributed by atoms with van der Waals surface area (Å²) in [6.07, 6.45) is -1.48. The van der Waals surface area contributed by atoms with Crippen molar-refractivity contribution >= 4 is 23.2 Å². The van der Waals surface area contributed by atoms with Crippen molar-refractivity contribution in [3.05, 3.63) is 58.9 Å². The Balaban J connectivity index is 1.71. The fourth-order valence-corrected chi connectivity index (χ4v) is 6.97. The second kappa shape index (κ2) is 9.18. The highest BCUT2D eigenvalue weighted by molar-refractivity contribution is 6.22. The summed E-state index contributed by atoms with van der Waals surface area (Å²) in [7, 11) is 6.86. The van der Waals surface area contributed by atoms with Crippen molar-refractivity contribution in [1.29, 1.82) is 0 Å². The lowest BCUT2D eigenvalue weighted by molar-refractivity contribution is -0.183. The lowest BCUT2D eigenvalue weighted by Gasteiger charge is -2.55. The minimum absolute atomic E-state index is 0.0528. The van der Waals surface area contributed by atoms with Crippen LogP contribution in [0.2, 0.25) is 0 Å². The molecule has 206 valence electrons. The van der Waals surface area contributed by atoms with Crippen molar-refractivity contribution in [2.24, 2.45) is 23.5 Å². The monoisotopic (exact) mass is 535 g/mol. The first-order valence-corrected chi connectivity index (χ1v) is 12.8. The van der Waals surface area contributed by atoms with Gasteiger partial charge in [0.15, 0.2) is 17.2 Å². The van der Waals surface area contributed by atoms with E-state index in [2.05, 4.69) is 0 Å². The Morgan fingerprint density at radius 3 is 2.26 bits per heavy atom. The maximum Gasteiger partial charge on any atom is 0.255 e. The number of carbonyl (C=O) groups excluding carboxylic acids is 3. The molecular weight excluding hydrogens is 502 g/mol. The number of ketones is 2. The fourth-order valence-electron chi connectivity index (χ4n) is 6.97. The number of carbonyl (C=O) groups is 3. The first-order chi connectivity index (χ1) is 18.3. The number of primary amides is 1. The minimum atomic E-state index is -2.47. The maximum atomic E-state index is 14.1. The van der Waals surface area contributed by atoms with Gasteiger partial charge in [0.2, 0.25) is 0 Å². The van der Waals surface area contributed by atoms with Gasteiger partial charge < -0.3 is 31.1 Å². The van der Waals surface area contributed by atoms with Crippen LogP contribution in [0.1, 0.15) is 22.3 Å². The molecule has 0 radical (unpaired) electrons. The zero-order valence-electron chi connectivity index (χ0n) is 22.3. The third-order valence-corrected chi connectivity index (χ3v) is 8.70. The number of hydrogen-bond donors (Lipinski definition) is 5. The van der Waals surface area contributed by atoms with Crippen molar-refractivity contribution in [2.75, 3.05) is 33.1 Å². The highest BCUT2D eigenvalue weighted by atomic mass is 16.4. The number of phenolic OH excluding ortho intramolecular Hbond substituents is 1. The number of aliphatic hydroxyl groups excluding tert-OH is 2. The van der Waals surface area contributed by atoms with Gasteiger partial charge in [0.25, 0.3) is 5.91 Å². The highest BCUT2D eigenvalue weighted by Crippen LogP contribution is 2.55. The van der Waals surface area contributed by atoms with Crippen LogP contribution in [0.3, 0.4) is 0 Å². The van der Waals surface area contributed by atoms with Gasteiger partial charge in [-0.25, -0.2) is 0 Å². The van der Waals surface area contributed by atoms with Gasteiger partial charge in [0, 0.05) is 31.3 Å². The quantitative estimate of drug-likeness (QED) is 0.360. The Hall–Kier alpha value is -3.73. The zero-order chi connectivity index (χ0) is 28.5. The van der Waals surface area contributed by atoms with Gasteiger partial charge in [-0.2, -0.15) is 0 Å². The van der Waals surface area contributed by atoms with Gasteiger partial charge in [-0.3, -0.25) is 19.3 Å². The lowest BCUT2D eigenvalue weighted by Crippen LogP contribution is -2.69. The van der Waals surface area contributed by atoms with E-state index in [1.54, 1.807) is 14.1 Å². The second-order valence-electron chi connectivity index (χ2n) is 11.2. The molecule has 5 rings (SSSR count). The molecule has 0 spiro atoms. The average Bonchev–Trinajstić information content (AvgIpc) is 2.86. The lowest BCUT2D eigenvalue weighted by atomic mass is 9.53. The summed E-state index contributed by atoms with van der Waals surface area (Å²) in [6.45, 7) is 0. The number of phenols is 1. The van der Waals surface area contributed by atoms with Crippen LogP contribution >= 0.6 is 0 Å². The van der Waals surface area contributed by atoms with E-state index in [1.165, 1.54) is 4.90 Å². The Morgan fingerprint density at radius 1 is 1.05 bits per heavy atom. The summed E-state index contributed by atoms with van der Waals surface area (Å²) in [4.78, 5) is 42.9. The Morgan fingerprint density at radius 2 is 1.69 bits per heavy atom. The number of anilines is 1. The number of likely N-dealkylation sites (N-methyl/N-ethyl adjacent to an activating group) is 1. The molecule has 0 aromatic heterocycles. The Bertz CT molecular complexity index is 1420. The van der Waals surface area contributed by atoms with Crippen LogP contribution in [0.15, 0.2) is 47.7 Å². The van der Waals surface area contributed by atoms with E-state index >= 15 is 0 Å². The molecule has 39 heavy (non-hydrogen) atoms. The molecule has 0 heterocycles. The number of Topliss-reactive ketones (excluding diaryl/α,β-unsaturated/α-hetero) is 2. The molecule has 1 fully saturated rings. The van der Waals surface area contributed by atoms with E-state index in [1.807, 2.05) is 55.4 Å². The predicted octanol–water partition coefficient (Wildman–Crippen LogP) is 1.02. The van der Waals surface area contributed by atoms with Crippen molar-refractivity contribution < 1.29 is 34.8 Å². The van der Waals surface area contributed by atoms with Crippen LogP contribution in [-0.2, 0) is 16.0 Å². The summed E-state index contributed by atoms with van der Waals surface area (Å²) >= 11 is 0. The average molecular weight is 536 g/mol. The number of rotatable bonds is 4. The van der Waals surface area contributed by atoms with Crippen molar-refractivity contribution in [3.63, 3.8) is 0 Å². The second-order valence-corrected chi connectivity index (χ2v) is 11.2. The SMILES string of the molecule is CN(C)c1cc(-c2ccccc2)c(O)c2c1C[C@H]1C[C@H]3[C@H](N(C)C)C(=O)C(C(N)=O)=C(O)[C@@]3(O)C(O)C1C2=O. The zero-order valence-corrected chi connectivity index (χ0v) is 22.3. The minimum Gasteiger partial charge on any atom is -0.508 e. The van der Waals surface area contributed by atoms with Gasteiger partial charge in [0.05, 0.1) is 17.5 Å². The van der Waals surface area contributed by atoms with E-state index in [4.69, 9.17) is 5.73 Å². The van der Waals surface area contributed by atoms with Crippen LogP contribution in [0, 0.1) is 17.8 Å². The molecule has 10 nitrogen and oxygen atoms in total. The number of nitrogens with two attached hydrogens (primary N) is 1. The molecule has 3 aliphatic carbocycles. The molecule has 2 aromatic carbocycles. The molecule has 1 amide bonds. The Labute approximate surface area is 226 Å². The molecular formula is C29H33N3O7. The van der Waals surface area contributed by atoms with E-state index in [9.17, 15) is 34.8 Å². The summed E-state index contributed by atoms with van der Waals surface area (Å²) in [5.74, 6) is -6.53. The third-order valence-electron chi connectivity index (χ3n) is 8.70. The number of benzene rings is 2. The van der Waals surface area contributed by atoms with E-state index in [0.717, 1.165) is 5.69 Å². The van der Waals surface area contributed by atoms with E-state index < -0.39 is 64.3 Å². The fraction of sp³-hybridized carbons (Fsp3) is 0.414. The van der Waals surface area contributed by atoms with Crippen molar-refractivity contribution in [2.45, 2.75) is 30.6 Å². The van der Waals surface area contributed by atoms with Gasteiger partial charge in [-0.15, -0.1) is 0 Å². The smallest absolute Gasteiger partial charge is 0.255 e. The molecule has 0 bridgehead atoms. The number of aromatic hydroxyl groups is 1. The molecule has 10 heteroatoms. The topological polar surface area (TPSA) is 165 Å². The number of amides is 1. The standard InChI is InChI=1S/C29H33N3O7/c1-31(2)18-12-15(13-8-6-5-7-9-13)23(33)20-16(18)10-14-11-17-22(32(3)4)25(35)21(28(30)38)27(37)29(17,39)26(36)19(14)24(20)34/h5-9,12,14,17,19,22,26,33,36-37,39H,10-11H2,1-4H3,(H2,30,38)/t14-,17-,19?,22-,26?,29-/m0/s1. The number of nitrogens with zero attached hydrogens (tertiary/aromatic N) is 2. The van der Waals surface area contributed by atoms with Crippen LogP contribution in [0.25, 0.3) is 11.1 Å².